The fourth-order valence-corrected chi connectivity index (χ4v) is 4.94. The summed E-state index contributed by atoms with van der Waals surface area (Å²) in [4.78, 5) is 0. The van der Waals surface area contributed by atoms with E-state index in [1.165, 1.54) is 11.1 Å². The minimum atomic E-state index is -0.335. The zero-order chi connectivity index (χ0) is 21.8. The number of fused-ring (bicyclic) bond motifs is 1. The van der Waals surface area contributed by atoms with Crippen molar-refractivity contribution in [3.63, 3.8) is 0 Å². The van der Waals surface area contributed by atoms with Crippen LogP contribution in [-0.2, 0) is 6.54 Å². The summed E-state index contributed by atoms with van der Waals surface area (Å²) in [7, 11) is 0. The van der Waals surface area contributed by atoms with Crippen molar-refractivity contribution in [3.05, 3.63) is 115 Å². The Kier molecular flexibility index (Phi) is 5.94. The monoisotopic (exact) mass is 441 g/mol. The molecule has 3 aromatic carbocycles. The molecule has 6 heteroatoms. The minimum absolute atomic E-state index is 0.0854. The molecule has 0 saturated heterocycles. The third kappa shape index (κ3) is 4.14. The average molecular weight is 442 g/mol. The van der Waals surface area contributed by atoms with Gasteiger partial charge in [-0.2, -0.15) is 0 Å². The molecule has 32 heavy (non-hydrogen) atoms. The van der Waals surface area contributed by atoms with Gasteiger partial charge in [0.05, 0.1) is 5.25 Å². The largest absolute Gasteiger partial charge is 0.485 e. The molecular weight excluding hydrogens is 418 g/mol. The average Bonchev–Trinajstić information content (AvgIpc) is 3.25. The van der Waals surface area contributed by atoms with Crippen LogP contribution in [0.15, 0.2) is 103 Å². The summed E-state index contributed by atoms with van der Waals surface area (Å²) in [6.07, 6.45) is 1.52. The van der Waals surface area contributed by atoms with Crippen LogP contribution in [0.5, 0.6) is 11.5 Å². The van der Waals surface area contributed by atoms with Gasteiger partial charge in [0.25, 0.3) is 0 Å². The summed E-state index contributed by atoms with van der Waals surface area (Å²) >= 11 is 1.68. The highest BCUT2D eigenvalue weighted by Crippen LogP contribution is 2.41. The predicted molar refractivity (Wildman–Crippen MR) is 126 cm³/mol. The minimum Gasteiger partial charge on any atom is -0.485 e. The van der Waals surface area contributed by atoms with Gasteiger partial charge >= 0.3 is 0 Å². The third-order valence-corrected chi connectivity index (χ3v) is 6.57. The Morgan fingerprint density at radius 2 is 1.53 bits per heavy atom. The molecule has 0 spiro atoms. The van der Waals surface area contributed by atoms with Crippen LogP contribution in [-0.4, -0.2) is 21.4 Å². The summed E-state index contributed by atoms with van der Waals surface area (Å²) in [5, 5.41) is 9.97. The molecule has 0 bridgehead atoms. The lowest BCUT2D eigenvalue weighted by atomic mass is 10.0. The van der Waals surface area contributed by atoms with Gasteiger partial charge in [0.15, 0.2) is 28.6 Å². The SMILES string of the molecule is C=CCn1c(SC(c2ccccc2)c2ccccc2)nnc1C1COc2ccccc2O1. The second-order valence-corrected chi connectivity index (χ2v) is 8.50. The molecule has 1 aliphatic rings. The molecule has 0 radical (unpaired) electrons. The topological polar surface area (TPSA) is 49.2 Å². The van der Waals surface area contributed by atoms with E-state index in [1.54, 1.807) is 11.8 Å². The molecule has 5 rings (SSSR count). The number of hydrogen-bond acceptors (Lipinski definition) is 5. The van der Waals surface area contributed by atoms with Crippen molar-refractivity contribution < 1.29 is 9.47 Å². The van der Waals surface area contributed by atoms with Gasteiger partial charge in [0.2, 0.25) is 0 Å². The van der Waals surface area contributed by atoms with Crippen LogP contribution in [0.3, 0.4) is 0 Å². The first-order valence-electron chi connectivity index (χ1n) is 10.5. The van der Waals surface area contributed by atoms with Crippen LogP contribution in [0, 0.1) is 0 Å². The molecule has 0 saturated carbocycles. The van der Waals surface area contributed by atoms with E-state index in [9.17, 15) is 0 Å². The molecule has 0 fully saturated rings. The van der Waals surface area contributed by atoms with Crippen LogP contribution < -0.4 is 9.47 Å². The summed E-state index contributed by atoms with van der Waals surface area (Å²) in [6, 6.07) is 28.6. The molecule has 1 aliphatic heterocycles. The lowest BCUT2D eigenvalue weighted by Crippen LogP contribution is -2.25. The van der Waals surface area contributed by atoms with Crippen molar-refractivity contribution in [2.24, 2.45) is 0 Å². The molecule has 1 unspecified atom stereocenters. The summed E-state index contributed by atoms with van der Waals surface area (Å²) in [5.74, 6) is 2.21. The number of benzene rings is 3. The quantitative estimate of drug-likeness (QED) is 0.266. The molecule has 1 atom stereocenters. The van der Waals surface area contributed by atoms with Crippen LogP contribution in [0.2, 0.25) is 0 Å². The maximum atomic E-state index is 6.20. The van der Waals surface area contributed by atoms with Gasteiger partial charge in [-0.15, -0.1) is 16.8 Å². The molecule has 4 aromatic rings. The van der Waals surface area contributed by atoms with Gasteiger partial charge in [-0.1, -0.05) is 90.6 Å². The van der Waals surface area contributed by atoms with Crippen molar-refractivity contribution in [2.45, 2.75) is 23.1 Å². The smallest absolute Gasteiger partial charge is 0.192 e. The Hall–Kier alpha value is -3.51. The molecule has 0 N–H and O–H groups in total. The van der Waals surface area contributed by atoms with E-state index < -0.39 is 0 Å². The first kappa shape index (κ1) is 20.4. The van der Waals surface area contributed by atoms with Crippen molar-refractivity contribution in [2.75, 3.05) is 6.61 Å². The molecule has 5 nitrogen and oxygen atoms in total. The van der Waals surface area contributed by atoms with E-state index in [2.05, 4.69) is 69.9 Å². The van der Waals surface area contributed by atoms with Crippen molar-refractivity contribution in [1.82, 2.24) is 14.8 Å². The Bertz CT molecular complexity index is 1150. The maximum absolute atomic E-state index is 6.20. The van der Waals surface area contributed by atoms with E-state index in [1.807, 2.05) is 42.5 Å². The van der Waals surface area contributed by atoms with Crippen molar-refractivity contribution in [1.29, 1.82) is 0 Å². The van der Waals surface area contributed by atoms with Gasteiger partial charge in [0, 0.05) is 6.54 Å². The lowest BCUT2D eigenvalue weighted by molar-refractivity contribution is 0.0821. The maximum Gasteiger partial charge on any atom is 0.192 e. The van der Waals surface area contributed by atoms with Gasteiger partial charge in [-0.05, 0) is 23.3 Å². The zero-order valence-electron chi connectivity index (χ0n) is 17.5. The second-order valence-electron chi connectivity index (χ2n) is 7.42. The number of para-hydroxylation sites is 2. The summed E-state index contributed by atoms with van der Waals surface area (Å²) in [5.41, 5.74) is 2.43. The number of thioether (sulfide) groups is 1. The number of rotatable bonds is 7. The van der Waals surface area contributed by atoms with Gasteiger partial charge in [-0.25, -0.2) is 0 Å². The summed E-state index contributed by atoms with van der Waals surface area (Å²) in [6.45, 7) is 4.91. The van der Waals surface area contributed by atoms with Gasteiger partial charge in [-0.3, -0.25) is 4.57 Å². The number of ether oxygens (including phenoxy) is 2. The molecule has 1 aromatic heterocycles. The van der Waals surface area contributed by atoms with E-state index in [4.69, 9.17) is 9.47 Å². The molecule has 0 amide bonds. The van der Waals surface area contributed by atoms with Crippen molar-refractivity contribution in [3.8, 4) is 11.5 Å². The van der Waals surface area contributed by atoms with E-state index in [0.29, 0.717) is 13.2 Å². The number of aromatic nitrogens is 3. The highest BCUT2D eigenvalue weighted by atomic mass is 32.2. The fraction of sp³-hybridized carbons (Fsp3) is 0.154. The highest BCUT2D eigenvalue weighted by Gasteiger charge is 2.29. The van der Waals surface area contributed by atoms with E-state index in [0.717, 1.165) is 22.5 Å². The zero-order valence-corrected chi connectivity index (χ0v) is 18.3. The normalized spacial score (nSPS) is 15.0. The van der Waals surface area contributed by atoms with Crippen LogP contribution in [0.25, 0.3) is 0 Å². The van der Waals surface area contributed by atoms with E-state index in [-0.39, 0.29) is 11.4 Å². The Morgan fingerprint density at radius 1 is 0.906 bits per heavy atom. The fourth-order valence-electron chi connectivity index (χ4n) is 3.76. The summed E-state index contributed by atoms with van der Waals surface area (Å²) < 4.78 is 14.2. The number of hydrogen-bond donors (Lipinski definition) is 0. The Balaban J connectivity index is 1.48. The highest BCUT2D eigenvalue weighted by molar-refractivity contribution is 7.99. The van der Waals surface area contributed by atoms with Crippen LogP contribution in [0.1, 0.15) is 28.3 Å². The number of allylic oxidation sites excluding steroid dienone is 1. The third-order valence-electron chi connectivity index (χ3n) is 5.28. The van der Waals surface area contributed by atoms with Gasteiger partial charge < -0.3 is 9.47 Å². The van der Waals surface area contributed by atoms with Gasteiger partial charge in [0.1, 0.15) is 6.61 Å². The van der Waals surface area contributed by atoms with Crippen LogP contribution in [0.4, 0.5) is 0 Å². The Labute approximate surface area is 191 Å². The lowest BCUT2D eigenvalue weighted by Gasteiger charge is -2.26. The van der Waals surface area contributed by atoms with Crippen molar-refractivity contribution >= 4 is 11.8 Å². The number of nitrogens with zero attached hydrogens (tertiary/aromatic N) is 3. The first-order chi connectivity index (χ1) is 15.8. The Morgan fingerprint density at radius 3 is 2.19 bits per heavy atom. The first-order valence-corrected chi connectivity index (χ1v) is 11.4. The van der Waals surface area contributed by atoms with Crippen LogP contribution >= 0.6 is 11.8 Å². The molecular formula is C26H23N3O2S. The molecule has 160 valence electrons. The van der Waals surface area contributed by atoms with E-state index >= 15 is 0 Å². The predicted octanol–water partition coefficient (Wildman–Crippen LogP) is 5.86. The second kappa shape index (κ2) is 9.32. The molecule has 0 aliphatic carbocycles. The standard InChI is InChI=1S/C26H23N3O2S/c1-2-17-29-25(23-18-30-21-15-9-10-16-22(21)31-23)27-28-26(29)32-24(19-11-5-3-6-12-19)20-13-7-4-8-14-20/h2-16,23-24H,1,17-18H2. The molecule has 2 heterocycles.